The lowest BCUT2D eigenvalue weighted by Gasteiger charge is -2.20. The first-order valence-electron chi connectivity index (χ1n) is 10.3. The Balaban J connectivity index is 1.72. The van der Waals surface area contributed by atoms with Crippen LogP contribution in [-0.2, 0) is 14.8 Å². The van der Waals surface area contributed by atoms with E-state index in [0.29, 0.717) is 30.2 Å². The zero-order valence-corrected chi connectivity index (χ0v) is 18.9. The molecule has 0 aromatic heterocycles. The molecule has 0 saturated carbocycles. The number of rotatable bonds is 9. The number of anilines is 1. The van der Waals surface area contributed by atoms with Crippen molar-refractivity contribution >= 4 is 27.5 Å². The summed E-state index contributed by atoms with van der Waals surface area (Å²) in [5.74, 6) is 0.0983. The molecule has 0 unspecified atom stereocenters. The van der Waals surface area contributed by atoms with Gasteiger partial charge in [0.1, 0.15) is 0 Å². The number of carbonyl (C=O) groups is 2. The summed E-state index contributed by atoms with van der Waals surface area (Å²) >= 11 is 0. The Morgan fingerprint density at radius 2 is 1.62 bits per heavy atom. The highest BCUT2D eigenvalue weighted by atomic mass is 32.2. The summed E-state index contributed by atoms with van der Waals surface area (Å²) in [6, 6.07) is 11.0. The number of ether oxygens (including phenoxy) is 2. The van der Waals surface area contributed by atoms with Crippen LogP contribution < -0.4 is 19.5 Å². The third kappa shape index (κ3) is 5.57. The van der Waals surface area contributed by atoms with Crippen molar-refractivity contribution in [2.45, 2.75) is 24.2 Å². The highest BCUT2D eigenvalue weighted by molar-refractivity contribution is 7.89. The average molecular weight is 462 g/mol. The molecule has 1 fully saturated rings. The van der Waals surface area contributed by atoms with Gasteiger partial charge in [-0.2, -0.15) is 0 Å². The van der Waals surface area contributed by atoms with Crippen LogP contribution in [0.1, 0.15) is 29.6 Å². The summed E-state index contributed by atoms with van der Waals surface area (Å²) in [5.41, 5.74) is 0.582. The first-order valence-corrected chi connectivity index (χ1v) is 11.7. The lowest BCUT2D eigenvalue weighted by Crippen LogP contribution is -2.30. The summed E-state index contributed by atoms with van der Waals surface area (Å²) in [7, 11) is -0.775. The zero-order chi connectivity index (χ0) is 23.1. The van der Waals surface area contributed by atoms with E-state index in [4.69, 9.17) is 9.47 Å². The maximum atomic E-state index is 13.0. The Morgan fingerprint density at radius 1 is 1.00 bits per heavy atom. The second-order valence-corrected chi connectivity index (χ2v) is 9.03. The van der Waals surface area contributed by atoms with E-state index < -0.39 is 15.9 Å². The molecule has 1 saturated heterocycles. The summed E-state index contributed by atoms with van der Waals surface area (Å²) in [4.78, 5) is 27.4. The van der Waals surface area contributed by atoms with Crippen molar-refractivity contribution in [1.82, 2.24) is 9.62 Å². The monoisotopic (exact) mass is 461 g/mol. The topological polar surface area (TPSA) is 114 Å². The van der Waals surface area contributed by atoms with Gasteiger partial charge < -0.3 is 19.7 Å². The van der Waals surface area contributed by atoms with Crippen LogP contribution in [0.2, 0.25) is 0 Å². The van der Waals surface area contributed by atoms with E-state index in [1.54, 1.807) is 29.2 Å². The molecule has 172 valence electrons. The van der Waals surface area contributed by atoms with Crippen LogP contribution in [0.3, 0.4) is 0 Å². The summed E-state index contributed by atoms with van der Waals surface area (Å²) < 4.78 is 37.6. The lowest BCUT2D eigenvalue weighted by molar-refractivity contribution is -0.116. The van der Waals surface area contributed by atoms with Gasteiger partial charge in [0, 0.05) is 32.1 Å². The van der Waals surface area contributed by atoms with Crippen LogP contribution >= 0.6 is 0 Å². The summed E-state index contributed by atoms with van der Waals surface area (Å²) in [6.45, 7) is 1.22. The van der Waals surface area contributed by atoms with Crippen molar-refractivity contribution in [2.75, 3.05) is 39.2 Å². The van der Waals surface area contributed by atoms with E-state index in [9.17, 15) is 18.0 Å². The Kier molecular flexibility index (Phi) is 7.70. The average Bonchev–Trinajstić information content (AvgIpc) is 3.34. The van der Waals surface area contributed by atoms with Gasteiger partial charge in [-0.3, -0.25) is 9.59 Å². The van der Waals surface area contributed by atoms with Crippen LogP contribution in [0.25, 0.3) is 0 Å². The molecule has 1 aliphatic heterocycles. The van der Waals surface area contributed by atoms with Crippen molar-refractivity contribution in [3.63, 3.8) is 0 Å². The van der Waals surface area contributed by atoms with Crippen molar-refractivity contribution in [3.8, 4) is 11.5 Å². The SMILES string of the molecule is COc1cc(NC(=O)CCNS(=O)(=O)c2ccccc2)c(C(=O)N2CCCC2)cc1OC. The van der Waals surface area contributed by atoms with Gasteiger partial charge in [0.15, 0.2) is 11.5 Å². The van der Waals surface area contributed by atoms with Gasteiger partial charge in [-0.25, -0.2) is 13.1 Å². The second-order valence-electron chi connectivity index (χ2n) is 7.26. The van der Waals surface area contributed by atoms with Crippen LogP contribution in [0.15, 0.2) is 47.4 Å². The van der Waals surface area contributed by atoms with Crippen LogP contribution in [0.4, 0.5) is 5.69 Å². The van der Waals surface area contributed by atoms with E-state index in [-0.39, 0.29) is 29.5 Å². The van der Waals surface area contributed by atoms with Gasteiger partial charge in [-0.05, 0) is 31.0 Å². The normalized spacial score (nSPS) is 13.6. The van der Waals surface area contributed by atoms with E-state index in [2.05, 4.69) is 10.0 Å². The van der Waals surface area contributed by atoms with Crippen molar-refractivity contribution in [3.05, 3.63) is 48.0 Å². The zero-order valence-electron chi connectivity index (χ0n) is 18.1. The molecule has 0 aliphatic carbocycles. The molecule has 3 rings (SSSR count). The molecule has 1 aliphatic rings. The molecule has 32 heavy (non-hydrogen) atoms. The first kappa shape index (κ1) is 23.6. The number of hydrogen-bond acceptors (Lipinski definition) is 6. The Hall–Kier alpha value is -3.11. The minimum absolute atomic E-state index is 0.0915. The molecule has 0 radical (unpaired) electrons. The van der Waals surface area contributed by atoms with Gasteiger partial charge in [0.2, 0.25) is 15.9 Å². The van der Waals surface area contributed by atoms with E-state index >= 15 is 0 Å². The van der Waals surface area contributed by atoms with Crippen LogP contribution in [0.5, 0.6) is 11.5 Å². The van der Waals surface area contributed by atoms with Gasteiger partial charge in [0.25, 0.3) is 5.91 Å². The number of benzene rings is 2. The van der Waals surface area contributed by atoms with E-state index in [1.807, 2.05) is 0 Å². The van der Waals surface area contributed by atoms with Crippen molar-refractivity contribution < 1.29 is 27.5 Å². The van der Waals surface area contributed by atoms with Crippen molar-refractivity contribution in [2.24, 2.45) is 0 Å². The number of nitrogens with one attached hydrogen (secondary N) is 2. The fourth-order valence-corrected chi connectivity index (χ4v) is 4.50. The largest absolute Gasteiger partial charge is 0.493 e. The Labute approximate surface area is 187 Å². The Bertz CT molecular complexity index is 1070. The molecular formula is C22H27N3O6S. The fraction of sp³-hybridized carbons (Fsp3) is 0.364. The molecule has 2 aromatic carbocycles. The van der Waals surface area contributed by atoms with Gasteiger partial charge >= 0.3 is 0 Å². The molecule has 9 nitrogen and oxygen atoms in total. The highest BCUT2D eigenvalue weighted by Gasteiger charge is 2.25. The molecule has 10 heteroatoms. The van der Waals surface area contributed by atoms with Gasteiger partial charge in [-0.1, -0.05) is 18.2 Å². The number of likely N-dealkylation sites (tertiary alicyclic amines) is 1. The van der Waals surface area contributed by atoms with E-state index in [0.717, 1.165) is 12.8 Å². The van der Waals surface area contributed by atoms with Gasteiger partial charge in [0.05, 0.1) is 30.4 Å². The number of methoxy groups -OCH3 is 2. The predicted molar refractivity (Wildman–Crippen MR) is 120 cm³/mol. The van der Waals surface area contributed by atoms with E-state index in [1.165, 1.54) is 32.4 Å². The molecule has 0 atom stereocenters. The molecule has 0 bridgehead atoms. The Morgan fingerprint density at radius 3 is 2.25 bits per heavy atom. The highest BCUT2D eigenvalue weighted by Crippen LogP contribution is 2.34. The van der Waals surface area contributed by atoms with Crippen LogP contribution in [0, 0.1) is 0 Å². The summed E-state index contributed by atoms with van der Waals surface area (Å²) in [6.07, 6.45) is 1.75. The number of nitrogens with zero attached hydrogens (tertiary/aromatic N) is 1. The molecular weight excluding hydrogens is 434 g/mol. The third-order valence-corrected chi connectivity index (χ3v) is 6.60. The van der Waals surface area contributed by atoms with Gasteiger partial charge in [-0.15, -0.1) is 0 Å². The summed E-state index contributed by atoms with van der Waals surface area (Å²) in [5, 5.41) is 2.71. The minimum atomic E-state index is -3.71. The second kappa shape index (κ2) is 10.5. The smallest absolute Gasteiger partial charge is 0.256 e. The maximum Gasteiger partial charge on any atom is 0.256 e. The minimum Gasteiger partial charge on any atom is -0.493 e. The number of carbonyl (C=O) groups excluding carboxylic acids is 2. The molecule has 0 spiro atoms. The fourth-order valence-electron chi connectivity index (χ4n) is 3.44. The predicted octanol–water partition coefficient (Wildman–Crippen LogP) is 2.25. The molecule has 2 aromatic rings. The van der Waals surface area contributed by atoms with Crippen molar-refractivity contribution in [1.29, 1.82) is 0 Å². The third-order valence-electron chi connectivity index (χ3n) is 5.12. The first-order chi connectivity index (χ1) is 15.4. The lowest BCUT2D eigenvalue weighted by atomic mass is 10.1. The van der Waals surface area contributed by atoms with Crippen LogP contribution in [-0.4, -0.2) is 59.0 Å². The quantitative estimate of drug-likeness (QED) is 0.592. The number of sulfonamides is 1. The maximum absolute atomic E-state index is 13.0. The molecule has 2 N–H and O–H groups in total. The molecule has 2 amide bonds. The number of hydrogen-bond donors (Lipinski definition) is 2. The molecule has 1 heterocycles. The number of amides is 2. The standard InChI is InChI=1S/C22H27N3O6S/c1-30-19-14-17(22(27)25-12-6-7-13-25)18(15-20(19)31-2)24-21(26)10-11-23-32(28,29)16-8-4-3-5-9-16/h3-5,8-9,14-15,23H,6-7,10-13H2,1-2H3,(H,24,26).